The molecule has 2 heterocycles. The molecule has 12 heteroatoms. The number of anilines is 1. The Balaban J connectivity index is 1.68. The van der Waals surface area contributed by atoms with Gasteiger partial charge in [-0.1, -0.05) is 32.9 Å². The third-order valence-electron chi connectivity index (χ3n) is 5.84. The monoisotopic (exact) mass is 561 g/mol. The molecular formula is C27H32FN3O7S. The molecule has 1 aromatic heterocycles. The number of rotatable bonds is 9. The summed E-state index contributed by atoms with van der Waals surface area (Å²) in [6, 6.07) is 10.2. The fourth-order valence-electron chi connectivity index (χ4n) is 3.80. The van der Waals surface area contributed by atoms with E-state index in [1.54, 1.807) is 26.0 Å². The molecule has 0 amide bonds. The maximum atomic E-state index is 14.1. The Morgan fingerprint density at radius 1 is 1.10 bits per heavy atom. The smallest absolute Gasteiger partial charge is 0.263 e. The third-order valence-corrected chi connectivity index (χ3v) is 7.20. The first kappa shape index (κ1) is 28.5. The normalized spacial score (nSPS) is 17.1. The van der Waals surface area contributed by atoms with Crippen molar-refractivity contribution in [2.45, 2.75) is 56.8 Å². The minimum atomic E-state index is -4.10. The summed E-state index contributed by atoms with van der Waals surface area (Å²) < 4.78 is 71.5. The Morgan fingerprint density at radius 3 is 2.44 bits per heavy atom. The Hall–Kier alpha value is -3.48. The topological polar surface area (TPSA) is 118 Å². The summed E-state index contributed by atoms with van der Waals surface area (Å²) in [4.78, 5) is 8.23. The van der Waals surface area contributed by atoms with E-state index in [0.29, 0.717) is 0 Å². The van der Waals surface area contributed by atoms with Gasteiger partial charge < -0.3 is 23.7 Å². The van der Waals surface area contributed by atoms with E-state index < -0.39 is 27.7 Å². The van der Waals surface area contributed by atoms with Crippen molar-refractivity contribution in [2.24, 2.45) is 0 Å². The van der Waals surface area contributed by atoms with E-state index in [0.717, 1.165) is 18.0 Å². The molecule has 1 aliphatic rings. The van der Waals surface area contributed by atoms with E-state index >= 15 is 0 Å². The molecule has 0 aliphatic carbocycles. The van der Waals surface area contributed by atoms with Gasteiger partial charge in [0.25, 0.3) is 15.9 Å². The van der Waals surface area contributed by atoms with Gasteiger partial charge in [-0.15, -0.1) is 0 Å². The Bertz CT molecular complexity index is 1420. The molecule has 0 saturated carbocycles. The second-order valence-electron chi connectivity index (χ2n) is 10.4. The Labute approximate surface area is 227 Å². The number of aromatic nitrogens is 2. The van der Waals surface area contributed by atoms with Gasteiger partial charge >= 0.3 is 0 Å². The molecule has 0 bridgehead atoms. The predicted molar refractivity (Wildman–Crippen MR) is 141 cm³/mol. The van der Waals surface area contributed by atoms with Crippen molar-refractivity contribution < 1.29 is 36.5 Å². The van der Waals surface area contributed by atoms with Crippen LogP contribution in [0.4, 0.5) is 10.2 Å². The summed E-state index contributed by atoms with van der Waals surface area (Å²) in [6.45, 7) is 9.97. The van der Waals surface area contributed by atoms with E-state index in [-0.39, 0.29) is 52.5 Å². The molecule has 1 atom stereocenters. The molecule has 1 N–H and O–H groups in total. The number of nitrogens with one attached hydrogen (secondary N) is 1. The SMILES string of the molecule is COc1ccc(F)cc1Oc1c(NS(=O)(=O)c2ccc(C(C)(C)C)cc2)ncnc1OC[C@@H]1COC(C)(C)O1. The maximum absolute atomic E-state index is 14.1. The van der Waals surface area contributed by atoms with E-state index in [9.17, 15) is 12.8 Å². The van der Waals surface area contributed by atoms with Crippen molar-refractivity contribution in [1.29, 1.82) is 0 Å². The van der Waals surface area contributed by atoms with Crippen LogP contribution < -0.4 is 18.9 Å². The van der Waals surface area contributed by atoms with Crippen molar-refractivity contribution in [3.05, 3.63) is 60.2 Å². The molecular weight excluding hydrogens is 529 g/mol. The van der Waals surface area contributed by atoms with Crippen LogP contribution in [0.3, 0.4) is 0 Å². The zero-order chi connectivity index (χ0) is 28.4. The zero-order valence-electron chi connectivity index (χ0n) is 22.6. The van der Waals surface area contributed by atoms with Crippen LogP contribution in [0.5, 0.6) is 23.1 Å². The number of nitrogens with zero attached hydrogens (tertiary/aromatic N) is 2. The van der Waals surface area contributed by atoms with E-state index in [2.05, 4.69) is 14.7 Å². The highest BCUT2D eigenvalue weighted by Gasteiger charge is 2.33. The van der Waals surface area contributed by atoms with Gasteiger partial charge in [-0.2, -0.15) is 4.98 Å². The lowest BCUT2D eigenvalue weighted by atomic mass is 9.87. The molecule has 4 rings (SSSR count). The van der Waals surface area contributed by atoms with Gasteiger partial charge in [-0.05, 0) is 49.1 Å². The van der Waals surface area contributed by atoms with E-state index in [1.165, 1.54) is 31.4 Å². The Morgan fingerprint density at radius 2 is 1.82 bits per heavy atom. The molecule has 210 valence electrons. The minimum absolute atomic E-state index is 0.0182. The first-order valence-corrected chi connectivity index (χ1v) is 13.7. The number of ether oxygens (including phenoxy) is 5. The molecule has 1 fully saturated rings. The fraction of sp³-hybridized carbons (Fsp3) is 0.407. The number of benzene rings is 2. The summed E-state index contributed by atoms with van der Waals surface area (Å²) in [7, 11) is -2.71. The lowest BCUT2D eigenvalue weighted by molar-refractivity contribution is -0.141. The van der Waals surface area contributed by atoms with E-state index in [4.69, 9.17) is 23.7 Å². The van der Waals surface area contributed by atoms with Gasteiger partial charge in [-0.3, -0.25) is 4.72 Å². The van der Waals surface area contributed by atoms with Gasteiger partial charge in [0.2, 0.25) is 5.75 Å². The second-order valence-corrected chi connectivity index (χ2v) is 12.1. The summed E-state index contributed by atoms with van der Waals surface area (Å²) in [5.41, 5.74) is 0.825. The number of hydrogen-bond donors (Lipinski definition) is 1. The lowest BCUT2D eigenvalue weighted by Crippen LogP contribution is -2.25. The number of halogens is 1. The van der Waals surface area contributed by atoms with Crippen molar-refractivity contribution in [3.8, 4) is 23.1 Å². The van der Waals surface area contributed by atoms with Crippen LogP contribution in [0.25, 0.3) is 0 Å². The first-order chi connectivity index (χ1) is 18.3. The number of sulfonamides is 1. The van der Waals surface area contributed by atoms with Gasteiger partial charge in [0.05, 0.1) is 18.6 Å². The van der Waals surface area contributed by atoms with Crippen LogP contribution in [0.1, 0.15) is 40.2 Å². The fourth-order valence-corrected chi connectivity index (χ4v) is 4.81. The van der Waals surface area contributed by atoms with Crippen molar-refractivity contribution >= 4 is 15.8 Å². The third kappa shape index (κ3) is 6.94. The highest BCUT2D eigenvalue weighted by Crippen LogP contribution is 2.40. The molecule has 1 saturated heterocycles. The van der Waals surface area contributed by atoms with Gasteiger partial charge in [-0.25, -0.2) is 17.8 Å². The van der Waals surface area contributed by atoms with Crippen molar-refractivity contribution in [1.82, 2.24) is 9.97 Å². The molecule has 10 nitrogen and oxygen atoms in total. The molecule has 3 aromatic rings. The lowest BCUT2D eigenvalue weighted by Gasteiger charge is -2.20. The molecule has 0 radical (unpaired) electrons. The summed E-state index contributed by atoms with van der Waals surface area (Å²) in [5, 5.41) is 0. The Kier molecular flexibility index (Phi) is 8.01. The average Bonchev–Trinajstić information content (AvgIpc) is 3.22. The second kappa shape index (κ2) is 10.9. The highest BCUT2D eigenvalue weighted by atomic mass is 32.2. The molecule has 39 heavy (non-hydrogen) atoms. The van der Waals surface area contributed by atoms with Crippen molar-refractivity contribution in [3.63, 3.8) is 0 Å². The number of methoxy groups -OCH3 is 1. The van der Waals surface area contributed by atoms with Gasteiger partial charge in [0.1, 0.15) is 24.9 Å². The molecule has 0 unspecified atom stereocenters. The quantitative estimate of drug-likeness (QED) is 0.383. The maximum Gasteiger partial charge on any atom is 0.263 e. The first-order valence-electron chi connectivity index (χ1n) is 12.2. The highest BCUT2D eigenvalue weighted by molar-refractivity contribution is 7.92. The molecule has 2 aromatic carbocycles. The van der Waals surface area contributed by atoms with Crippen molar-refractivity contribution in [2.75, 3.05) is 25.0 Å². The summed E-state index contributed by atoms with van der Waals surface area (Å²) >= 11 is 0. The van der Waals surface area contributed by atoms with Crippen LogP contribution in [0.15, 0.2) is 53.7 Å². The van der Waals surface area contributed by atoms with Crippen LogP contribution >= 0.6 is 0 Å². The average molecular weight is 562 g/mol. The largest absolute Gasteiger partial charge is 0.493 e. The van der Waals surface area contributed by atoms with Crippen LogP contribution in [-0.2, 0) is 24.9 Å². The zero-order valence-corrected chi connectivity index (χ0v) is 23.5. The van der Waals surface area contributed by atoms with Gasteiger partial charge in [0.15, 0.2) is 23.1 Å². The van der Waals surface area contributed by atoms with Crippen LogP contribution in [0.2, 0.25) is 0 Å². The standard InChI is InChI=1S/C27H32FN3O7S/c1-26(2,3)17-7-10-20(11-8-17)39(32,33)31-24-23(37-22-13-18(28)9-12-21(22)34-6)25(30-16-29-24)35-14-19-15-36-27(4,5)38-19/h7-13,16,19H,14-15H2,1-6H3,(H,29,30,31)/t19-/m1/s1. The predicted octanol–water partition coefficient (Wildman–Crippen LogP) is 5.05. The number of hydrogen-bond acceptors (Lipinski definition) is 9. The minimum Gasteiger partial charge on any atom is -0.493 e. The molecule has 0 spiro atoms. The summed E-state index contributed by atoms with van der Waals surface area (Å²) in [6.07, 6.45) is 0.717. The summed E-state index contributed by atoms with van der Waals surface area (Å²) in [5.74, 6) is -1.68. The van der Waals surface area contributed by atoms with Crippen LogP contribution in [0, 0.1) is 5.82 Å². The van der Waals surface area contributed by atoms with Crippen LogP contribution in [-0.4, -0.2) is 50.6 Å². The van der Waals surface area contributed by atoms with Gasteiger partial charge in [0, 0.05) is 6.07 Å². The molecule has 1 aliphatic heterocycles. The van der Waals surface area contributed by atoms with E-state index in [1.807, 2.05) is 20.8 Å².